The van der Waals surface area contributed by atoms with Gasteiger partial charge in [-0.25, -0.2) is 4.39 Å². The van der Waals surface area contributed by atoms with Crippen LogP contribution >= 0.6 is 27.5 Å². The summed E-state index contributed by atoms with van der Waals surface area (Å²) in [7, 11) is 0. The first-order valence-electron chi connectivity index (χ1n) is 5.04. The lowest BCUT2D eigenvalue weighted by Gasteiger charge is -2.05. The molecule has 2 nitrogen and oxygen atoms in total. The van der Waals surface area contributed by atoms with Crippen molar-refractivity contribution in [2.24, 2.45) is 0 Å². The maximum atomic E-state index is 13.7. The number of ketones is 1. The Morgan fingerprint density at radius 2 is 1.94 bits per heavy atom. The largest absolute Gasteiger partial charge is 0.398 e. The molecule has 0 aromatic heterocycles. The van der Waals surface area contributed by atoms with Crippen LogP contribution in [0, 0.1) is 5.82 Å². The van der Waals surface area contributed by atoms with Crippen molar-refractivity contribution in [3.8, 4) is 0 Å². The lowest BCUT2D eigenvalue weighted by molar-refractivity contribution is 0.103. The molecule has 18 heavy (non-hydrogen) atoms. The maximum absolute atomic E-state index is 13.7. The number of carbonyl (C=O) groups excluding carboxylic acids is 1. The van der Waals surface area contributed by atoms with Gasteiger partial charge in [-0.2, -0.15) is 0 Å². The number of nitrogen functional groups attached to an aromatic ring is 1. The van der Waals surface area contributed by atoms with Crippen molar-refractivity contribution in [3.05, 3.63) is 62.8 Å². The summed E-state index contributed by atoms with van der Waals surface area (Å²) in [6, 6.07) is 8.74. The summed E-state index contributed by atoms with van der Waals surface area (Å²) in [6.07, 6.45) is 0. The summed E-state index contributed by atoms with van der Waals surface area (Å²) in [5.74, 6) is -1.01. The minimum atomic E-state index is -0.581. The van der Waals surface area contributed by atoms with E-state index < -0.39 is 11.6 Å². The van der Waals surface area contributed by atoms with E-state index in [1.807, 2.05) is 0 Å². The molecule has 0 spiro atoms. The van der Waals surface area contributed by atoms with Crippen molar-refractivity contribution in [2.45, 2.75) is 0 Å². The smallest absolute Gasteiger partial charge is 0.196 e. The molecule has 0 bridgehead atoms. The quantitative estimate of drug-likeness (QED) is 0.667. The highest BCUT2D eigenvalue weighted by atomic mass is 79.9. The van der Waals surface area contributed by atoms with Crippen LogP contribution in [0.1, 0.15) is 15.9 Å². The Morgan fingerprint density at radius 3 is 2.56 bits per heavy atom. The topological polar surface area (TPSA) is 43.1 Å². The second-order valence-corrected chi connectivity index (χ2v) is 5.01. The number of rotatable bonds is 2. The summed E-state index contributed by atoms with van der Waals surface area (Å²) in [6.45, 7) is 0. The molecule has 0 saturated carbocycles. The first-order valence-corrected chi connectivity index (χ1v) is 6.21. The number of benzene rings is 2. The molecule has 0 atom stereocenters. The average molecular weight is 329 g/mol. The summed E-state index contributed by atoms with van der Waals surface area (Å²) < 4.78 is 14.2. The predicted octanol–water partition coefficient (Wildman–Crippen LogP) is 4.05. The molecule has 0 saturated heterocycles. The molecule has 92 valence electrons. The van der Waals surface area contributed by atoms with E-state index in [2.05, 4.69) is 15.9 Å². The molecule has 0 fully saturated rings. The van der Waals surface area contributed by atoms with Gasteiger partial charge in [-0.15, -0.1) is 0 Å². The molecule has 2 N–H and O–H groups in total. The van der Waals surface area contributed by atoms with Gasteiger partial charge in [0.1, 0.15) is 5.82 Å². The van der Waals surface area contributed by atoms with E-state index in [4.69, 9.17) is 17.3 Å². The Balaban J connectivity index is 2.44. The van der Waals surface area contributed by atoms with Gasteiger partial charge in [0.15, 0.2) is 5.78 Å². The van der Waals surface area contributed by atoms with E-state index in [-0.39, 0.29) is 10.6 Å². The van der Waals surface area contributed by atoms with E-state index in [0.29, 0.717) is 15.7 Å². The zero-order valence-corrected chi connectivity index (χ0v) is 11.4. The second-order valence-electron chi connectivity index (χ2n) is 3.69. The lowest BCUT2D eigenvalue weighted by atomic mass is 10.0. The third kappa shape index (κ3) is 2.54. The minimum Gasteiger partial charge on any atom is -0.398 e. The number of nitrogens with two attached hydrogens (primary N) is 1. The van der Waals surface area contributed by atoms with E-state index in [0.717, 1.165) is 0 Å². The van der Waals surface area contributed by atoms with Gasteiger partial charge in [0, 0.05) is 10.0 Å². The first kappa shape index (κ1) is 13.1. The highest BCUT2D eigenvalue weighted by molar-refractivity contribution is 9.10. The van der Waals surface area contributed by atoms with Crippen LogP contribution < -0.4 is 5.73 Å². The fourth-order valence-corrected chi connectivity index (χ4v) is 2.01. The minimum absolute atomic E-state index is 0.000891. The van der Waals surface area contributed by atoms with Crippen LogP contribution in [0.5, 0.6) is 0 Å². The van der Waals surface area contributed by atoms with Crippen molar-refractivity contribution in [2.75, 3.05) is 5.73 Å². The van der Waals surface area contributed by atoms with E-state index in [1.54, 1.807) is 6.07 Å². The summed E-state index contributed by atoms with van der Waals surface area (Å²) in [5, 5.41) is 0.276. The van der Waals surface area contributed by atoms with Gasteiger partial charge in [0.25, 0.3) is 0 Å². The third-order valence-corrected chi connectivity index (χ3v) is 3.26. The number of anilines is 1. The van der Waals surface area contributed by atoms with Gasteiger partial charge in [0.2, 0.25) is 0 Å². The SMILES string of the molecule is Nc1ccc(C(=O)c2ccc(Br)cc2F)cc1Cl. The van der Waals surface area contributed by atoms with E-state index >= 15 is 0 Å². The van der Waals surface area contributed by atoms with Crippen molar-refractivity contribution in [1.29, 1.82) is 0 Å². The Bertz CT molecular complexity index is 630. The van der Waals surface area contributed by atoms with Crippen LogP contribution in [0.3, 0.4) is 0 Å². The Morgan fingerprint density at radius 1 is 1.22 bits per heavy atom. The van der Waals surface area contributed by atoms with Gasteiger partial charge in [-0.3, -0.25) is 4.79 Å². The van der Waals surface area contributed by atoms with Crippen LogP contribution in [0.25, 0.3) is 0 Å². The molecule has 0 heterocycles. The Kier molecular flexibility index (Phi) is 3.68. The van der Waals surface area contributed by atoms with Gasteiger partial charge < -0.3 is 5.73 Å². The van der Waals surface area contributed by atoms with Crippen LogP contribution in [0.2, 0.25) is 5.02 Å². The molecule has 2 rings (SSSR count). The molecular formula is C13H8BrClFNO. The maximum Gasteiger partial charge on any atom is 0.196 e. The highest BCUT2D eigenvalue weighted by Gasteiger charge is 2.15. The van der Waals surface area contributed by atoms with Crippen LogP contribution in [0.15, 0.2) is 40.9 Å². The van der Waals surface area contributed by atoms with Gasteiger partial charge in [0.05, 0.1) is 16.3 Å². The first-order chi connectivity index (χ1) is 8.49. The fraction of sp³-hybridized carbons (Fsp3) is 0. The molecule has 2 aromatic rings. The van der Waals surface area contributed by atoms with Crippen LogP contribution in [-0.2, 0) is 0 Å². The number of hydrogen-bond acceptors (Lipinski definition) is 2. The fourth-order valence-electron chi connectivity index (χ4n) is 1.50. The zero-order valence-electron chi connectivity index (χ0n) is 9.08. The van der Waals surface area contributed by atoms with Crippen molar-refractivity contribution in [3.63, 3.8) is 0 Å². The van der Waals surface area contributed by atoms with Crippen molar-refractivity contribution in [1.82, 2.24) is 0 Å². The van der Waals surface area contributed by atoms with Gasteiger partial charge in [-0.05, 0) is 36.4 Å². The lowest BCUT2D eigenvalue weighted by Crippen LogP contribution is -2.04. The normalized spacial score (nSPS) is 10.4. The van der Waals surface area contributed by atoms with Crippen LogP contribution in [0.4, 0.5) is 10.1 Å². The molecule has 2 aromatic carbocycles. The molecular weight excluding hydrogens is 321 g/mol. The van der Waals surface area contributed by atoms with Crippen molar-refractivity contribution < 1.29 is 9.18 Å². The van der Waals surface area contributed by atoms with E-state index in [1.165, 1.54) is 30.3 Å². The van der Waals surface area contributed by atoms with Gasteiger partial charge in [-0.1, -0.05) is 27.5 Å². The van der Waals surface area contributed by atoms with E-state index in [9.17, 15) is 9.18 Å². The third-order valence-electron chi connectivity index (χ3n) is 2.44. The van der Waals surface area contributed by atoms with Crippen molar-refractivity contribution >= 4 is 39.0 Å². The summed E-state index contributed by atoms with van der Waals surface area (Å²) in [4.78, 5) is 12.1. The standard InChI is InChI=1S/C13H8BrClFNO/c14-8-2-3-9(11(16)6-8)13(18)7-1-4-12(17)10(15)5-7/h1-6H,17H2. The zero-order chi connectivity index (χ0) is 13.3. The molecule has 0 radical (unpaired) electrons. The molecule has 5 heteroatoms. The molecule has 0 aliphatic carbocycles. The number of hydrogen-bond donors (Lipinski definition) is 1. The number of halogens is 3. The molecule has 0 aliphatic rings. The Hall–Kier alpha value is -1.39. The summed E-state index contributed by atoms with van der Waals surface area (Å²) >= 11 is 8.97. The average Bonchev–Trinajstić information content (AvgIpc) is 2.32. The molecule has 0 aliphatic heterocycles. The summed E-state index contributed by atoms with van der Waals surface area (Å²) in [5.41, 5.74) is 6.23. The van der Waals surface area contributed by atoms with Gasteiger partial charge >= 0.3 is 0 Å². The molecule has 0 amide bonds. The highest BCUT2D eigenvalue weighted by Crippen LogP contribution is 2.23. The van der Waals surface area contributed by atoms with Crippen LogP contribution in [-0.4, -0.2) is 5.78 Å². The Labute approximate surface area is 117 Å². The number of carbonyl (C=O) groups is 1. The second kappa shape index (κ2) is 5.08. The monoisotopic (exact) mass is 327 g/mol. The molecule has 0 unspecified atom stereocenters. The predicted molar refractivity (Wildman–Crippen MR) is 73.4 cm³/mol.